The second-order valence-corrected chi connectivity index (χ2v) is 6.37. The highest BCUT2D eigenvalue weighted by atomic mass is 16.2. The predicted octanol–water partition coefficient (Wildman–Crippen LogP) is 2.47. The first-order valence-electron chi connectivity index (χ1n) is 8.23. The topological polar surface area (TPSA) is 49.4 Å². The summed E-state index contributed by atoms with van der Waals surface area (Å²) in [6, 6.07) is 0.0301. The summed E-state index contributed by atoms with van der Waals surface area (Å²) in [5.41, 5.74) is 0. The number of carbonyl (C=O) groups excluding carboxylic acids is 2. The highest BCUT2D eigenvalue weighted by Crippen LogP contribution is 2.28. The molecule has 0 aromatic carbocycles. The van der Waals surface area contributed by atoms with Crippen LogP contribution in [-0.4, -0.2) is 35.3 Å². The van der Waals surface area contributed by atoms with E-state index < -0.39 is 0 Å². The fraction of sp³-hybridized carbons (Fsp3) is 0.875. The lowest BCUT2D eigenvalue weighted by Crippen LogP contribution is -2.50. The molecule has 1 N–H and O–H groups in total. The third-order valence-corrected chi connectivity index (χ3v) is 4.79. The van der Waals surface area contributed by atoms with E-state index >= 15 is 0 Å². The Morgan fingerprint density at radius 2 is 1.95 bits per heavy atom. The SMILES string of the molecule is CCCC1NC(=O)CCN(C2CCCCCC2C)C1=O. The Bertz CT molecular complexity index is 356. The van der Waals surface area contributed by atoms with E-state index in [9.17, 15) is 9.59 Å². The van der Waals surface area contributed by atoms with Crippen molar-refractivity contribution in [2.45, 2.75) is 77.3 Å². The van der Waals surface area contributed by atoms with Gasteiger partial charge in [-0.3, -0.25) is 9.59 Å². The van der Waals surface area contributed by atoms with E-state index in [0.29, 0.717) is 24.9 Å². The van der Waals surface area contributed by atoms with Gasteiger partial charge >= 0.3 is 0 Å². The molecule has 2 aliphatic rings. The average Bonchev–Trinajstić information content (AvgIpc) is 2.70. The van der Waals surface area contributed by atoms with E-state index in [1.807, 2.05) is 4.90 Å². The molecular weight excluding hydrogens is 252 g/mol. The van der Waals surface area contributed by atoms with Crippen LogP contribution in [0.5, 0.6) is 0 Å². The smallest absolute Gasteiger partial charge is 0.245 e. The molecule has 4 heteroatoms. The molecule has 4 nitrogen and oxygen atoms in total. The van der Waals surface area contributed by atoms with E-state index in [0.717, 1.165) is 19.3 Å². The minimum absolute atomic E-state index is 0.0283. The molecular formula is C16H28N2O2. The third-order valence-electron chi connectivity index (χ3n) is 4.79. The molecule has 3 atom stereocenters. The van der Waals surface area contributed by atoms with E-state index in [1.165, 1.54) is 25.7 Å². The van der Waals surface area contributed by atoms with Crippen LogP contribution in [0.4, 0.5) is 0 Å². The van der Waals surface area contributed by atoms with E-state index in [1.54, 1.807) is 0 Å². The normalized spacial score (nSPS) is 32.5. The summed E-state index contributed by atoms with van der Waals surface area (Å²) in [6.07, 6.45) is 8.18. The monoisotopic (exact) mass is 280 g/mol. The lowest BCUT2D eigenvalue weighted by Gasteiger charge is -2.35. The minimum atomic E-state index is -0.301. The molecule has 0 radical (unpaired) electrons. The first-order valence-corrected chi connectivity index (χ1v) is 8.23. The Hall–Kier alpha value is -1.06. The number of nitrogens with zero attached hydrogens (tertiary/aromatic N) is 1. The van der Waals surface area contributed by atoms with Crippen LogP contribution in [0.25, 0.3) is 0 Å². The predicted molar refractivity (Wildman–Crippen MR) is 79.2 cm³/mol. The zero-order valence-corrected chi connectivity index (χ0v) is 12.9. The van der Waals surface area contributed by atoms with Crippen LogP contribution in [0.2, 0.25) is 0 Å². The molecule has 1 saturated carbocycles. The third kappa shape index (κ3) is 3.53. The Morgan fingerprint density at radius 3 is 2.70 bits per heavy atom. The van der Waals surface area contributed by atoms with Crippen LogP contribution < -0.4 is 5.32 Å². The number of amides is 2. The van der Waals surface area contributed by atoms with Gasteiger partial charge in [0.15, 0.2) is 0 Å². The van der Waals surface area contributed by atoms with E-state index in [-0.39, 0.29) is 17.9 Å². The van der Waals surface area contributed by atoms with E-state index in [2.05, 4.69) is 19.2 Å². The van der Waals surface area contributed by atoms with Gasteiger partial charge in [-0.05, 0) is 25.2 Å². The van der Waals surface area contributed by atoms with Gasteiger partial charge in [-0.15, -0.1) is 0 Å². The van der Waals surface area contributed by atoms with Crippen molar-refractivity contribution in [1.82, 2.24) is 10.2 Å². The number of nitrogens with one attached hydrogen (secondary N) is 1. The van der Waals surface area contributed by atoms with Gasteiger partial charge in [0.05, 0.1) is 0 Å². The molecule has 1 heterocycles. The number of hydrogen-bond donors (Lipinski definition) is 1. The van der Waals surface area contributed by atoms with Gasteiger partial charge in [0.25, 0.3) is 0 Å². The van der Waals surface area contributed by atoms with Gasteiger partial charge in [-0.2, -0.15) is 0 Å². The van der Waals surface area contributed by atoms with Crippen LogP contribution in [0.1, 0.15) is 65.2 Å². The Balaban J connectivity index is 2.14. The maximum atomic E-state index is 12.7. The number of hydrogen-bond acceptors (Lipinski definition) is 2. The van der Waals surface area contributed by atoms with Crippen molar-refractivity contribution in [2.75, 3.05) is 6.54 Å². The lowest BCUT2D eigenvalue weighted by atomic mass is 9.94. The van der Waals surface area contributed by atoms with Crippen molar-refractivity contribution < 1.29 is 9.59 Å². The van der Waals surface area contributed by atoms with Gasteiger partial charge in [0.1, 0.15) is 6.04 Å². The highest BCUT2D eigenvalue weighted by molar-refractivity contribution is 5.90. The average molecular weight is 280 g/mol. The summed E-state index contributed by atoms with van der Waals surface area (Å²) in [4.78, 5) is 26.6. The van der Waals surface area contributed by atoms with Crippen LogP contribution in [0, 0.1) is 5.92 Å². The molecule has 1 aliphatic carbocycles. The quantitative estimate of drug-likeness (QED) is 0.807. The molecule has 114 valence electrons. The number of rotatable bonds is 3. The maximum absolute atomic E-state index is 12.7. The molecule has 0 aromatic rings. The maximum Gasteiger partial charge on any atom is 0.245 e. The van der Waals surface area contributed by atoms with Crippen molar-refractivity contribution in [3.05, 3.63) is 0 Å². The Labute approximate surface area is 122 Å². The van der Waals surface area contributed by atoms with Crippen molar-refractivity contribution in [1.29, 1.82) is 0 Å². The Kier molecular flexibility index (Phi) is 5.44. The minimum Gasteiger partial charge on any atom is -0.344 e. The van der Waals surface area contributed by atoms with Gasteiger partial charge in [-0.25, -0.2) is 0 Å². The van der Waals surface area contributed by atoms with Gasteiger partial charge < -0.3 is 10.2 Å². The fourth-order valence-electron chi connectivity index (χ4n) is 3.61. The summed E-state index contributed by atoms with van der Waals surface area (Å²) in [5.74, 6) is 0.731. The zero-order valence-electron chi connectivity index (χ0n) is 12.9. The lowest BCUT2D eigenvalue weighted by molar-refractivity contribution is -0.136. The van der Waals surface area contributed by atoms with E-state index in [4.69, 9.17) is 0 Å². The number of carbonyl (C=O) groups is 2. The summed E-state index contributed by atoms with van der Waals surface area (Å²) in [7, 11) is 0. The molecule has 2 amide bonds. The largest absolute Gasteiger partial charge is 0.344 e. The molecule has 2 fully saturated rings. The van der Waals surface area contributed by atoms with Crippen molar-refractivity contribution in [3.8, 4) is 0 Å². The van der Waals surface area contributed by atoms with Crippen molar-refractivity contribution in [3.63, 3.8) is 0 Å². The van der Waals surface area contributed by atoms with Gasteiger partial charge in [0, 0.05) is 19.0 Å². The first-order chi connectivity index (χ1) is 9.63. The summed E-state index contributed by atoms with van der Waals surface area (Å²) < 4.78 is 0. The molecule has 20 heavy (non-hydrogen) atoms. The first kappa shape index (κ1) is 15.3. The molecule has 1 aliphatic heterocycles. The molecule has 0 aromatic heterocycles. The second kappa shape index (κ2) is 7.09. The highest BCUT2D eigenvalue weighted by Gasteiger charge is 2.35. The summed E-state index contributed by atoms with van der Waals surface area (Å²) >= 11 is 0. The molecule has 1 saturated heterocycles. The Morgan fingerprint density at radius 1 is 1.20 bits per heavy atom. The van der Waals surface area contributed by atoms with Crippen LogP contribution in [0.15, 0.2) is 0 Å². The van der Waals surface area contributed by atoms with Crippen LogP contribution in [-0.2, 0) is 9.59 Å². The van der Waals surface area contributed by atoms with Crippen LogP contribution >= 0.6 is 0 Å². The van der Waals surface area contributed by atoms with Gasteiger partial charge in [0.2, 0.25) is 11.8 Å². The second-order valence-electron chi connectivity index (χ2n) is 6.37. The molecule has 0 bridgehead atoms. The molecule has 0 spiro atoms. The fourth-order valence-corrected chi connectivity index (χ4v) is 3.61. The van der Waals surface area contributed by atoms with Gasteiger partial charge in [-0.1, -0.05) is 39.5 Å². The summed E-state index contributed by atoms with van der Waals surface area (Å²) in [5, 5.41) is 2.90. The van der Waals surface area contributed by atoms with Crippen LogP contribution in [0.3, 0.4) is 0 Å². The van der Waals surface area contributed by atoms with Crippen molar-refractivity contribution in [2.24, 2.45) is 5.92 Å². The zero-order chi connectivity index (χ0) is 14.5. The molecule has 2 rings (SSSR count). The molecule has 3 unspecified atom stereocenters. The standard InChI is InChI=1S/C16H28N2O2/c1-3-7-13-16(20)18(11-10-15(19)17-13)14-9-6-4-5-8-12(14)2/h12-14H,3-11H2,1-2H3,(H,17,19). The van der Waals surface area contributed by atoms with Crippen molar-refractivity contribution >= 4 is 11.8 Å². The summed E-state index contributed by atoms with van der Waals surface area (Å²) in [6.45, 7) is 4.92.